The summed E-state index contributed by atoms with van der Waals surface area (Å²) >= 11 is 0. The molecule has 1 aliphatic rings. The van der Waals surface area contributed by atoms with Crippen molar-refractivity contribution < 1.29 is 29.1 Å². The molecule has 1 aromatic rings. The molecule has 0 aromatic heterocycles. The third-order valence-corrected chi connectivity index (χ3v) is 4.23. The molecular weight excluding hydrogens is 332 g/mol. The molecule has 25 heavy (non-hydrogen) atoms. The van der Waals surface area contributed by atoms with E-state index in [1.165, 1.54) is 18.1 Å². The van der Waals surface area contributed by atoms with Crippen LogP contribution in [0, 0.1) is 22.0 Å². The van der Waals surface area contributed by atoms with Gasteiger partial charge in [-0.25, -0.2) is 0 Å². The number of nitrogens with zero attached hydrogens (tertiary/aromatic N) is 2. The molecule has 2 rings (SSSR count). The first-order chi connectivity index (χ1) is 11.8. The number of hydrogen-bond donors (Lipinski definition) is 1. The monoisotopic (exact) mass is 352 g/mol. The number of nitro groups is 1. The minimum absolute atomic E-state index is 0.0159. The zero-order valence-corrected chi connectivity index (χ0v) is 14.2. The van der Waals surface area contributed by atoms with Crippen LogP contribution in [0.1, 0.15) is 24.2 Å². The van der Waals surface area contributed by atoms with E-state index in [-0.39, 0.29) is 42.7 Å². The molecule has 0 radical (unpaired) electrons. The summed E-state index contributed by atoms with van der Waals surface area (Å²) in [6, 6.07) is 2.42. The van der Waals surface area contributed by atoms with Gasteiger partial charge in [0.25, 0.3) is 11.6 Å². The fourth-order valence-electron chi connectivity index (χ4n) is 2.92. The quantitative estimate of drug-likeness (QED) is 0.612. The van der Waals surface area contributed by atoms with Gasteiger partial charge in [-0.2, -0.15) is 0 Å². The maximum absolute atomic E-state index is 12.8. The molecule has 0 bridgehead atoms. The maximum atomic E-state index is 12.8. The highest BCUT2D eigenvalue weighted by Crippen LogP contribution is 2.36. The normalized spacial score (nSPS) is 19.6. The van der Waals surface area contributed by atoms with E-state index in [4.69, 9.17) is 9.47 Å². The Hall–Kier alpha value is -2.84. The van der Waals surface area contributed by atoms with Gasteiger partial charge in [-0.05, 0) is 12.8 Å². The smallest absolute Gasteiger partial charge is 0.308 e. The zero-order chi connectivity index (χ0) is 18.7. The summed E-state index contributed by atoms with van der Waals surface area (Å²) in [5.41, 5.74) is -0.552. The van der Waals surface area contributed by atoms with Crippen LogP contribution in [-0.2, 0) is 4.79 Å². The van der Waals surface area contributed by atoms with E-state index < -0.39 is 28.4 Å². The van der Waals surface area contributed by atoms with Crippen molar-refractivity contribution in [2.45, 2.75) is 13.8 Å². The predicted octanol–water partition coefficient (Wildman–Crippen LogP) is 1.79. The van der Waals surface area contributed by atoms with Crippen molar-refractivity contribution in [3.8, 4) is 11.5 Å². The van der Waals surface area contributed by atoms with Crippen molar-refractivity contribution >= 4 is 17.6 Å². The lowest BCUT2D eigenvalue weighted by Gasteiger charge is -2.17. The summed E-state index contributed by atoms with van der Waals surface area (Å²) < 4.78 is 10.5. The second-order valence-electron chi connectivity index (χ2n) is 5.84. The van der Waals surface area contributed by atoms with Gasteiger partial charge in [-0.15, -0.1) is 0 Å². The van der Waals surface area contributed by atoms with Gasteiger partial charge in [-0.1, -0.05) is 6.92 Å². The van der Waals surface area contributed by atoms with Gasteiger partial charge in [0.15, 0.2) is 11.5 Å². The van der Waals surface area contributed by atoms with Crippen molar-refractivity contribution in [2.24, 2.45) is 11.8 Å². The molecule has 0 spiro atoms. The lowest BCUT2D eigenvalue weighted by atomic mass is 9.99. The zero-order valence-electron chi connectivity index (χ0n) is 14.2. The number of rotatable bonds is 6. The van der Waals surface area contributed by atoms with Crippen LogP contribution in [0.4, 0.5) is 5.69 Å². The van der Waals surface area contributed by atoms with Crippen LogP contribution in [0.25, 0.3) is 0 Å². The summed E-state index contributed by atoms with van der Waals surface area (Å²) in [6.45, 7) is 3.98. The highest BCUT2D eigenvalue weighted by molar-refractivity contribution is 5.99. The molecule has 1 amide bonds. The average molecular weight is 352 g/mol. The third kappa shape index (κ3) is 3.65. The Balaban J connectivity index is 2.42. The van der Waals surface area contributed by atoms with Gasteiger partial charge < -0.3 is 19.5 Å². The molecule has 136 valence electrons. The van der Waals surface area contributed by atoms with Crippen LogP contribution in [0.15, 0.2) is 12.1 Å². The molecule has 0 saturated carbocycles. The molecule has 1 N–H and O–H groups in total. The minimum Gasteiger partial charge on any atom is -0.493 e. The number of carboxylic acids is 1. The molecule has 9 heteroatoms. The number of carboxylic acid groups (broad SMARTS) is 1. The summed E-state index contributed by atoms with van der Waals surface area (Å²) in [7, 11) is 1.37. The molecule has 1 aliphatic heterocycles. The van der Waals surface area contributed by atoms with E-state index in [9.17, 15) is 24.8 Å². The summed E-state index contributed by atoms with van der Waals surface area (Å²) in [5.74, 6) is -2.12. The van der Waals surface area contributed by atoms with Crippen LogP contribution in [-0.4, -0.2) is 53.6 Å². The van der Waals surface area contributed by atoms with Crippen LogP contribution in [0.3, 0.4) is 0 Å². The van der Waals surface area contributed by atoms with E-state index in [2.05, 4.69) is 0 Å². The number of ether oxygens (including phenoxy) is 2. The first-order valence-corrected chi connectivity index (χ1v) is 7.81. The van der Waals surface area contributed by atoms with E-state index in [0.29, 0.717) is 0 Å². The topological polar surface area (TPSA) is 119 Å². The molecule has 1 saturated heterocycles. The Bertz CT molecular complexity index is 704. The van der Waals surface area contributed by atoms with Crippen molar-refractivity contribution in [1.82, 2.24) is 4.90 Å². The Morgan fingerprint density at radius 3 is 2.52 bits per heavy atom. The summed E-state index contributed by atoms with van der Waals surface area (Å²) in [6.07, 6.45) is 0. The first kappa shape index (κ1) is 18.5. The molecule has 1 fully saturated rings. The number of aliphatic carboxylic acids is 1. The Kier molecular flexibility index (Phi) is 5.45. The molecule has 0 aliphatic carbocycles. The lowest BCUT2D eigenvalue weighted by Crippen LogP contribution is -2.30. The van der Waals surface area contributed by atoms with Gasteiger partial charge in [0.2, 0.25) is 0 Å². The Morgan fingerprint density at radius 1 is 1.36 bits per heavy atom. The third-order valence-electron chi connectivity index (χ3n) is 4.23. The predicted molar refractivity (Wildman–Crippen MR) is 87.0 cm³/mol. The molecule has 1 heterocycles. The second kappa shape index (κ2) is 7.37. The van der Waals surface area contributed by atoms with E-state index in [1.807, 2.05) is 0 Å². The highest BCUT2D eigenvalue weighted by atomic mass is 16.6. The minimum atomic E-state index is -0.985. The number of likely N-dealkylation sites (tertiary alicyclic amines) is 1. The molecule has 0 unspecified atom stereocenters. The van der Waals surface area contributed by atoms with E-state index >= 15 is 0 Å². The largest absolute Gasteiger partial charge is 0.493 e. The number of nitro benzene ring substituents is 1. The Morgan fingerprint density at radius 2 is 2.04 bits per heavy atom. The SMILES string of the molecule is CCOc1cc([N+](=O)[O-])c(C(=O)N2C[C@@H](C)[C@H](C(=O)O)C2)cc1OC. The molecule has 9 nitrogen and oxygen atoms in total. The lowest BCUT2D eigenvalue weighted by molar-refractivity contribution is -0.385. The fourth-order valence-corrected chi connectivity index (χ4v) is 2.92. The van der Waals surface area contributed by atoms with Gasteiger partial charge in [-0.3, -0.25) is 19.7 Å². The van der Waals surface area contributed by atoms with Gasteiger partial charge in [0.1, 0.15) is 5.56 Å². The molecular formula is C16H20N2O7. The summed E-state index contributed by atoms with van der Waals surface area (Å²) in [4.78, 5) is 36.0. The number of carbonyl (C=O) groups excluding carboxylic acids is 1. The molecule has 1 aromatic carbocycles. The second-order valence-corrected chi connectivity index (χ2v) is 5.84. The average Bonchev–Trinajstić information content (AvgIpc) is 2.96. The van der Waals surface area contributed by atoms with Crippen LogP contribution in [0.2, 0.25) is 0 Å². The van der Waals surface area contributed by atoms with Gasteiger partial charge >= 0.3 is 5.97 Å². The van der Waals surface area contributed by atoms with Gasteiger partial charge in [0.05, 0.1) is 30.6 Å². The Labute approximate surface area is 144 Å². The highest BCUT2D eigenvalue weighted by Gasteiger charge is 2.39. The van der Waals surface area contributed by atoms with Gasteiger partial charge in [0, 0.05) is 19.2 Å². The standard InChI is InChI=1S/C16H20N2O7/c1-4-25-14-6-12(18(22)23)10(5-13(14)24-3)15(19)17-7-9(2)11(8-17)16(20)21/h5-6,9,11H,4,7-8H2,1-3H3,(H,20,21)/t9-,11-/m1/s1. The summed E-state index contributed by atoms with van der Waals surface area (Å²) in [5, 5.41) is 20.6. The maximum Gasteiger partial charge on any atom is 0.308 e. The van der Waals surface area contributed by atoms with Crippen molar-refractivity contribution in [2.75, 3.05) is 26.8 Å². The van der Waals surface area contributed by atoms with E-state index in [1.54, 1.807) is 13.8 Å². The van der Waals surface area contributed by atoms with Crippen molar-refractivity contribution in [3.05, 3.63) is 27.8 Å². The number of benzene rings is 1. The fraction of sp³-hybridized carbons (Fsp3) is 0.500. The number of amides is 1. The van der Waals surface area contributed by atoms with Crippen molar-refractivity contribution in [3.63, 3.8) is 0 Å². The molecule has 2 atom stereocenters. The van der Waals surface area contributed by atoms with Crippen molar-refractivity contribution in [1.29, 1.82) is 0 Å². The van der Waals surface area contributed by atoms with Crippen LogP contribution in [0.5, 0.6) is 11.5 Å². The van der Waals surface area contributed by atoms with E-state index in [0.717, 1.165) is 6.07 Å². The number of carbonyl (C=O) groups is 2. The van der Waals surface area contributed by atoms with Crippen LogP contribution >= 0.6 is 0 Å². The number of hydrogen-bond acceptors (Lipinski definition) is 6. The number of methoxy groups -OCH3 is 1. The van der Waals surface area contributed by atoms with Crippen LogP contribution < -0.4 is 9.47 Å². The first-order valence-electron chi connectivity index (χ1n) is 7.81.